The molecule has 0 fully saturated rings. The summed E-state index contributed by atoms with van der Waals surface area (Å²) in [6.45, 7) is 2.54. The van der Waals surface area contributed by atoms with Crippen molar-refractivity contribution in [3.8, 4) is 22.8 Å². The number of carbonyl (C=O) groups is 1. The number of hydrogen-bond acceptors (Lipinski definition) is 6. The Bertz CT molecular complexity index is 1050. The topological polar surface area (TPSA) is 63.7 Å². The Morgan fingerprint density at radius 2 is 1.88 bits per heavy atom. The van der Waals surface area contributed by atoms with Crippen LogP contribution in [-0.4, -0.2) is 56.7 Å². The first-order valence-corrected chi connectivity index (χ1v) is 12.3. The number of carbonyl (C=O) groups excluding carboxylic acids is 1. The molecule has 3 rings (SSSR count). The van der Waals surface area contributed by atoms with Crippen molar-refractivity contribution in [1.29, 1.82) is 0 Å². The molecule has 0 atom stereocenters. The van der Waals surface area contributed by atoms with E-state index in [1.807, 2.05) is 47.3 Å². The molecule has 2 aromatic carbocycles. The van der Waals surface area contributed by atoms with E-state index in [4.69, 9.17) is 9.47 Å². The van der Waals surface area contributed by atoms with Crippen molar-refractivity contribution in [3.05, 3.63) is 70.6 Å². The van der Waals surface area contributed by atoms with Gasteiger partial charge in [0.1, 0.15) is 0 Å². The second-order valence-electron chi connectivity index (χ2n) is 8.05. The number of likely N-dealkylation sites (N-methyl/N-ethyl adjacent to an activating group) is 1. The van der Waals surface area contributed by atoms with Crippen LogP contribution in [0.1, 0.15) is 24.0 Å². The van der Waals surface area contributed by atoms with E-state index >= 15 is 0 Å². The third-order valence-corrected chi connectivity index (χ3v) is 6.11. The van der Waals surface area contributed by atoms with Gasteiger partial charge in [0.15, 0.2) is 11.5 Å². The van der Waals surface area contributed by atoms with Gasteiger partial charge in [0.25, 0.3) is 0 Å². The molecular formula is C27H33N3O3S. The molecule has 34 heavy (non-hydrogen) atoms. The Balaban J connectivity index is 1.30. The number of benzene rings is 2. The number of aromatic nitrogens is 1. The van der Waals surface area contributed by atoms with E-state index in [-0.39, 0.29) is 5.91 Å². The summed E-state index contributed by atoms with van der Waals surface area (Å²) in [5.74, 6) is 1.55. The number of amides is 1. The summed E-state index contributed by atoms with van der Waals surface area (Å²) in [6, 6.07) is 14.2. The second kappa shape index (κ2) is 13.5. The highest BCUT2D eigenvalue weighted by Crippen LogP contribution is 2.27. The Morgan fingerprint density at radius 1 is 1.09 bits per heavy atom. The minimum Gasteiger partial charge on any atom is -0.493 e. The van der Waals surface area contributed by atoms with E-state index < -0.39 is 0 Å². The fourth-order valence-corrected chi connectivity index (χ4v) is 4.10. The summed E-state index contributed by atoms with van der Waals surface area (Å²) >= 11 is 1.59. The summed E-state index contributed by atoms with van der Waals surface area (Å²) < 4.78 is 10.7. The Labute approximate surface area is 206 Å². The maximum atomic E-state index is 12.1. The quantitative estimate of drug-likeness (QED) is 0.353. The predicted molar refractivity (Wildman–Crippen MR) is 140 cm³/mol. The van der Waals surface area contributed by atoms with Gasteiger partial charge in [-0.3, -0.25) is 4.79 Å². The highest BCUT2D eigenvalue weighted by Gasteiger charge is 2.06. The van der Waals surface area contributed by atoms with Crippen molar-refractivity contribution in [3.63, 3.8) is 0 Å². The number of thiazole rings is 1. The SMILES string of the molecule is COc1ccc(CCN(C)CCCNC(=O)CC=Cc2ccc(-c3cscn3)cc2)cc1OC. The van der Waals surface area contributed by atoms with Crippen LogP contribution in [0.2, 0.25) is 0 Å². The summed E-state index contributed by atoms with van der Waals surface area (Å²) in [5, 5.41) is 5.03. The van der Waals surface area contributed by atoms with Crippen LogP contribution in [0.15, 0.2) is 59.4 Å². The molecule has 1 amide bonds. The van der Waals surface area contributed by atoms with E-state index in [1.54, 1.807) is 25.6 Å². The first-order chi connectivity index (χ1) is 16.6. The summed E-state index contributed by atoms with van der Waals surface area (Å²) in [4.78, 5) is 18.7. The maximum absolute atomic E-state index is 12.1. The minimum atomic E-state index is 0.0447. The minimum absolute atomic E-state index is 0.0447. The Morgan fingerprint density at radius 3 is 2.59 bits per heavy atom. The predicted octanol–water partition coefficient (Wildman–Crippen LogP) is 4.91. The van der Waals surface area contributed by atoms with E-state index in [0.717, 1.165) is 54.3 Å². The van der Waals surface area contributed by atoms with Gasteiger partial charge in [-0.2, -0.15) is 0 Å². The molecule has 7 heteroatoms. The van der Waals surface area contributed by atoms with E-state index in [0.29, 0.717) is 13.0 Å². The molecule has 0 saturated heterocycles. The second-order valence-corrected chi connectivity index (χ2v) is 8.77. The summed E-state index contributed by atoms with van der Waals surface area (Å²) in [6.07, 6.45) is 6.10. The zero-order valence-corrected chi connectivity index (χ0v) is 20.9. The van der Waals surface area contributed by atoms with Crippen molar-refractivity contribution < 1.29 is 14.3 Å². The standard InChI is InChI=1S/C27H33N3O3S/c1-30(17-14-22-10-13-25(32-2)26(18-22)33-3)16-5-15-28-27(31)7-4-6-21-8-11-23(12-9-21)24-19-34-20-29-24/h4,6,8-13,18-20H,5,7,14-17H2,1-3H3,(H,28,31). The molecular weight excluding hydrogens is 446 g/mol. The lowest BCUT2D eigenvalue weighted by atomic mass is 10.1. The molecule has 0 aliphatic rings. The lowest BCUT2D eigenvalue weighted by Gasteiger charge is -2.17. The average Bonchev–Trinajstić information content (AvgIpc) is 3.40. The van der Waals surface area contributed by atoms with Crippen molar-refractivity contribution in [2.75, 3.05) is 40.9 Å². The molecule has 180 valence electrons. The first kappa shape index (κ1) is 25.5. The van der Waals surface area contributed by atoms with Crippen LogP contribution in [0, 0.1) is 0 Å². The van der Waals surface area contributed by atoms with Crippen LogP contribution < -0.4 is 14.8 Å². The number of rotatable bonds is 13. The van der Waals surface area contributed by atoms with Crippen molar-refractivity contribution in [2.24, 2.45) is 0 Å². The summed E-state index contributed by atoms with van der Waals surface area (Å²) in [5.41, 5.74) is 6.21. The lowest BCUT2D eigenvalue weighted by Crippen LogP contribution is -2.28. The number of nitrogens with one attached hydrogen (secondary N) is 1. The molecule has 0 unspecified atom stereocenters. The molecule has 0 radical (unpaired) electrons. The molecule has 1 aromatic heterocycles. The third kappa shape index (κ3) is 8.01. The van der Waals surface area contributed by atoms with Crippen LogP contribution in [0.4, 0.5) is 0 Å². The molecule has 0 spiro atoms. The van der Waals surface area contributed by atoms with Gasteiger partial charge in [0.05, 0.1) is 25.4 Å². The number of nitrogens with zero attached hydrogens (tertiary/aromatic N) is 2. The fraction of sp³-hybridized carbons (Fsp3) is 0.333. The molecule has 0 saturated carbocycles. The maximum Gasteiger partial charge on any atom is 0.223 e. The molecule has 0 aliphatic carbocycles. The zero-order valence-electron chi connectivity index (χ0n) is 20.1. The van der Waals surface area contributed by atoms with Crippen LogP contribution in [0.25, 0.3) is 17.3 Å². The van der Waals surface area contributed by atoms with Gasteiger partial charge in [-0.1, -0.05) is 42.5 Å². The van der Waals surface area contributed by atoms with E-state index in [2.05, 4.69) is 40.4 Å². The van der Waals surface area contributed by atoms with E-state index in [9.17, 15) is 4.79 Å². The number of methoxy groups -OCH3 is 2. The normalized spacial score (nSPS) is 11.2. The molecule has 1 N–H and O–H groups in total. The Kier molecular flexibility index (Phi) is 10.1. The molecule has 0 bridgehead atoms. The van der Waals surface area contributed by atoms with Crippen molar-refractivity contribution in [2.45, 2.75) is 19.3 Å². The van der Waals surface area contributed by atoms with Gasteiger partial charge in [-0.15, -0.1) is 11.3 Å². The van der Waals surface area contributed by atoms with Gasteiger partial charge in [0, 0.05) is 30.5 Å². The Hall–Kier alpha value is -3.16. The van der Waals surface area contributed by atoms with Gasteiger partial charge in [-0.25, -0.2) is 4.98 Å². The lowest BCUT2D eigenvalue weighted by molar-refractivity contribution is -0.120. The molecule has 0 aliphatic heterocycles. The monoisotopic (exact) mass is 479 g/mol. The van der Waals surface area contributed by atoms with Crippen molar-refractivity contribution >= 4 is 23.3 Å². The van der Waals surface area contributed by atoms with Gasteiger partial charge < -0.3 is 19.7 Å². The van der Waals surface area contributed by atoms with Crippen LogP contribution >= 0.6 is 11.3 Å². The van der Waals surface area contributed by atoms with Crippen LogP contribution in [-0.2, 0) is 11.2 Å². The van der Waals surface area contributed by atoms with Crippen LogP contribution in [0.5, 0.6) is 11.5 Å². The highest BCUT2D eigenvalue weighted by atomic mass is 32.1. The highest BCUT2D eigenvalue weighted by molar-refractivity contribution is 7.07. The largest absolute Gasteiger partial charge is 0.493 e. The number of hydrogen-bond donors (Lipinski definition) is 1. The average molecular weight is 480 g/mol. The van der Waals surface area contributed by atoms with Gasteiger partial charge in [0.2, 0.25) is 5.91 Å². The summed E-state index contributed by atoms with van der Waals surface area (Å²) in [7, 11) is 5.40. The van der Waals surface area contributed by atoms with Gasteiger partial charge in [-0.05, 0) is 49.7 Å². The van der Waals surface area contributed by atoms with E-state index in [1.165, 1.54) is 5.56 Å². The van der Waals surface area contributed by atoms with Crippen molar-refractivity contribution in [1.82, 2.24) is 15.2 Å². The third-order valence-electron chi connectivity index (χ3n) is 5.52. The fourth-order valence-electron chi connectivity index (χ4n) is 3.54. The van der Waals surface area contributed by atoms with Gasteiger partial charge >= 0.3 is 0 Å². The number of ether oxygens (including phenoxy) is 2. The smallest absolute Gasteiger partial charge is 0.223 e. The first-order valence-electron chi connectivity index (χ1n) is 11.4. The van der Waals surface area contributed by atoms with Crippen LogP contribution in [0.3, 0.4) is 0 Å². The molecule has 6 nitrogen and oxygen atoms in total. The zero-order chi connectivity index (χ0) is 24.2. The molecule has 1 heterocycles. The molecule has 3 aromatic rings.